The first-order chi connectivity index (χ1) is 15.5. The highest BCUT2D eigenvalue weighted by molar-refractivity contribution is 9.10. The maximum absolute atomic E-state index is 12.5. The molecule has 162 valence electrons. The molecule has 0 bridgehead atoms. The monoisotopic (exact) mass is 490 g/mol. The average Bonchev–Trinajstić information content (AvgIpc) is 2.78. The van der Waals surface area contributed by atoms with Gasteiger partial charge in [0.15, 0.2) is 11.5 Å². The summed E-state index contributed by atoms with van der Waals surface area (Å²) < 4.78 is 12.6. The Morgan fingerprint density at radius 3 is 2.53 bits per heavy atom. The molecule has 5 nitrogen and oxygen atoms in total. The van der Waals surface area contributed by atoms with E-state index in [-0.39, 0.29) is 5.57 Å². The molecule has 0 spiro atoms. The Labute approximate surface area is 196 Å². The lowest BCUT2D eigenvalue weighted by Gasteiger charge is -2.13. The van der Waals surface area contributed by atoms with Gasteiger partial charge in [-0.25, -0.2) is 0 Å². The SMILES string of the molecule is CCOc1cc(/C=C(/C#N)C(=O)Nc2ccc(Br)cc2)ccc1OCc1cccc(C)c1. The molecule has 0 fully saturated rings. The lowest BCUT2D eigenvalue weighted by Crippen LogP contribution is -2.13. The van der Waals surface area contributed by atoms with Crippen molar-refractivity contribution in [1.82, 2.24) is 0 Å². The summed E-state index contributed by atoms with van der Waals surface area (Å²) in [6.45, 7) is 4.80. The summed E-state index contributed by atoms with van der Waals surface area (Å²) in [5.41, 5.74) is 3.49. The smallest absolute Gasteiger partial charge is 0.266 e. The van der Waals surface area contributed by atoms with Crippen LogP contribution in [0.5, 0.6) is 11.5 Å². The van der Waals surface area contributed by atoms with Crippen LogP contribution in [-0.4, -0.2) is 12.5 Å². The van der Waals surface area contributed by atoms with Crippen molar-refractivity contribution in [3.8, 4) is 17.6 Å². The Hall–Kier alpha value is -3.56. The van der Waals surface area contributed by atoms with E-state index in [2.05, 4.69) is 27.3 Å². The topological polar surface area (TPSA) is 71.3 Å². The van der Waals surface area contributed by atoms with Crippen LogP contribution in [0.25, 0.3) is 6.08 Å². The van der Waals surface area contributed by atoms with E-state index < -0.39 is 5.91 Å². The maximum Gasteiger partial charge on any atom is 0.266 e. The van der Waals surface area contributed by atoms with Gasteiger partial charge in [0, 0.05) is 10.2 Å². The Balaban J connectivity index is 1.77. The number of amides is 1. The normalized spacial score (nSPS) is 10.9. The van der Waals surface area contributed by atoms with Crippen LogP contribution in [0.1, 0.15) is 23.6 Å². The second-order valence-electron chi connectivity index (χ2n) is 7.05. The highest BCUT2D eigenvalue weighted by atomic mass is 79.9. The van der Waals surface area contributed by atoms with Gasteiger partial charge in [-0.3, -0.25) is 4.79 Å². The second kappa shape index (κ2) is 11.2. The first-order valence-electron chi connectivity index (χ1n) is 10.1. The number of nitrogens with zero attached hydrogens (tertiary/aromatic N) is 1. The molecular formula is C26H23BrN2O3. The molecule has 0 aliphatic carbocycles. The van der Waals surface area contributed by atoms with Crippen molar-refractivity contribution < 1.29 is 14.3 Å². The third-order valence-electron chi connectivity index (χ3n) is 4.52. The molecule has 0 aromatic heterocycles. The summed E-state index contributed by atoms with van der Waals surface area (Å²) >= 11 is 3.35. The summed E-state index contributed by atoms with van der Waals surface area (Å²) in [4.78, 5) is 12.5. The molecular weight excluding hydrogens is 468 g/mol. The highest BCUT2D eigenvalue weighted by Gasteiger charge is 2.12. The van der Waals surface area contributed by atoms with Gasteiger partial charge in [-0.05, 0) is 67.4 Å². The number of carbonyl (C=O) groups excluding carboxylic acids is 1. The van der Waals surface area contributed by atoms with Crippen molar-refractivity contribution in [3.05, 3.63) is 93.5 Å². The molecule has 0 unspecified atom stereocenters. The van der Waals surface area contributed by atoms with E-state index in [1.165, 1.54) is 11.6 Å². The molecule has 0 saturated carbocycles. The predicted octanol–water partition coefficient (Wildman–Crippen LogP) is 6.28. The van der Waals surface area contributed by atoms with Gasteiger partial charge in [0.05, 0.1) is 6.61 Å². The first-order valence-corrected chi connectivity index (χ1v) is 10.9. The first kappa shape index (κ1) is 23.1. The summed E-state index contributed by atoms with van der Waals surface area (Å²) in [6.07, 6.45) is 1.53. The number of aryl methyl sites for hydroxylation is 1. The Bertz CT molecular complexity index is 1160. The molecule has 3 aromatic carbocycles. The van der Waals surface area contributed by atoms with Gasteiger partial charge in [0.1, 0.15) is 18.2 Å². The van der Waals surface area contributed by atoms with Crippen molar-refractivity contribution >= 4 is 33.6 Å². The van der Waals surface area contributed by atoms with Crippen LogP contribution in [0.3, 0.4) is 0 Å². The molecule has 0 heterocycles. The summed E-state index contributed by atoms with van der Waals surface area (Å²) in [5.74, 6) is 0.676. The number of nitrogens with one attached hydrogen (secondary N) is 1. The molecule has 0 radical (unpaired) electrons. The Kier molecular flexibility index (Phi) is 8.07. The molecule has 1 amide bonds. The number of nitriles is 1. The van der Waals surface area contributed by atoms with Gasteiger partial charge in [0.25, 0.3) is 5.91 Å². The molecule has 0 saturated heterocycles. The summed E-state index contributed by atoms with van der Waals surface area (Å²) in [6, 6.07) is 22.6. The van der Waals surface area contributed by atoms with E-state index >= 15 is 0 Å². The van der Waals surface area contributed by atoms with Gasteiger partial charge in [-0.2, -0.15) is 5.26 Å². The van der Waals surface area contributed by atoms with Gasteiger partial charge in [-0.15, -0.1) is 0 Å². The largest absolute Gasteiger partial charge is 0.490 e. The average molecular weight is 491 g/mol. The quantitative estimate of drug-likeness (QED) is 0.297. The number of rotatable bonds is 8. The number of carbonyl (C=O) groups is 1. The van der Waals surface area contributed by atoms with E-state index in [4.69, 9.17) is 9.47 Å². The van der Waals surface area contributed by atoms with Crippen LogP contribution in [-0.2, 0) is 11.4 Å². The standard InChI is InChI=1S/C26H23BrN2O3/c1-3-31-25-15-19(7-12-24(25)32-17-20-6-4-5-18(2)13-20)14-21(16-28)26(30)29-23-10-8-22(27)9-11-23/h4-15H,3,17H2,1-2H3,(H,29,30)/b21-14-. The molecule has 0 aliphatic rings. The van der Waals surface area contributed by atoms with Crippen LogP contribution >= 0.6 is 15.9 Å². The number of halogens is 1. The Morgan fingerprint density at radius 2 is 1.84 bits per heavy atom. The molecule has 3 aromatic rings. The number of benzene rings is 3. The molecule has 6 heteroatoms. The predicted molar refractivity (Wildman–Crippen MR) is 129 cm³/mol. The molecule has 1 N–H and O–H groups in total. The zero-order valence-corrected chi connectivity index (χ0v) is 19.5. The zero-order valence-electron chi connectivity index (χ0n) is 17.9. The van der Waals surface area contributed by atoms with Crippen molar-refractivity contribution in [2.24, 2.45) is 0 Å². The number of hydrogen-bond donors (Lipinski definition) is 1. The summed E-state index contributed by atoms with van der Waals surface area (Å²) in [5, 5.41) is 12.2. The van der Waals surface area contributed by atoms with E-state index in [0.29, 0.717) is 36.0 Å². The highest BCUT2D eigenvalue weighted by Crippen LogP contribution is 2.30. The van der Waals surface area contributed by atoms with Crippen molar-refractivity contribution in [1.29, 1.82) is 5.26 Å². The van der Waals surface area contributed by atoms with Crippen LogP contribution < -0.4 is 14.8 Å². The fraction of sp³-hybridized carbons (Fsp3) is 0.154. The van der Waals surface area contributed by atoms with Crippen LogP contribution in [0.2, 0.25) is 0 Å². The number of ether oxygens (including phenoxy) is 2. The zero-order chi connectivity index (χ0) is 22.9. The minimum Gasteiger partial charge on any atom is -0.490 e. The Morgan fingerprint density at radius 1 is 1.06 bits per heavy atom. The van der Waals surface area contributed by atoms with Crippen molar-refractivity contribution in [2.45, 2.75) is 20.5 Å². The fourth-order valence-corrected chi connectivity index (χ4v) is 3.28. The minimum absolute atomic E-state index is 0.0104. The third kappa shape index (κ3) is 6.47. The van der Waals surface area contributed by atoms with E-state index in [0.717, 1.165) is 10.0 Å². The van der Waals surface area contributed by atoms with Crippen LogP contribution in [0.4, 0.5) is 5.69 Å². The van der Waals surface area contributed by atoms with Gasteiger partial charge < -0.3 is 14.8 Å². The van der Waals surface area contributed by atoms with Gasteiger partial charge >= 0.3 is 0 Å². The lowest BCUT2D eigenvalue weighted by molar-refractivity contribution is -0.112. The van der Waals surface area contributed by atoms with Crippen LogP contribution in [0, 0.1) is 18.3 Å². The van der Waals surface area contributed by atoms with Crippen molar-refractivity contribution in [2.75, 3.05) is 11.9 Å². The maximum atomic E-state index is 12.5. The van der Waals surface area contributed by atoms with E-state index in [1.807, 2.05) is 50.2 Å². The molecule has 32 heavy (non-hydrogen) atoms. The third-order valence-corrected chi connectivity index (χ3v) is 5.05. The summed E-state index contributed by atoms with van der Waals surface area (Å²) in [7, 11) is 0. The number of hydrogen-bond acceptors (Lipinski definition) is 4. The molecule has 0 atom stereocenters. The van der Waals surface area contributed by atoms with Crippen molar-refractivity contribution in [3.63, 3.8) is 0 Å². The lowest BCUT2D eigenvalue weighted by atomic mass is 10.1. The second-order valence-corrected chi connectivity index (χ2v) is 7.96. The van der Waals surface area contributed by atoms with Gasteiger partial charge in [0.2, 0.25) is 0 Å². The molecule has 0 aliphatic heterocycles. The minimum atomic E-state index is -0.479. The van der Waals surface area contributed by atoms with Crippen LogP contribution in [0.15, 0.2) is 76.8 Å². The van der Waals surface area contributed by atoms with E-state index in [9.17, 15) is 10.1 Å². The number of anilines is 1. The molecule has 3 rings (SSSR count). The van der Waals surface area contributed by atoms with Gasteiger partial charge in [-0.1, -0.05) is 51.8 Å². The van der Waals surface area contributed by atoms with E-state index in [1.54, 1.807) is 30.3 Å². The fourth-order valence-electron chi connectivity index (χ4n) is 3.01.